The van der Waals surface area contributed by atoms with Crippen LogP contribution in [-0.4, -0.2) is 16.8 Å². The van der Waals surface area contributed by atoms with Gasteiger partial charge in [-0.25, -0.2) is 0 Å². The Labute approximate surface area is 102 Å². The Morgan fingerprint density at radius 3 is 2.29 bits per heavy atom. The summed E-state index contributed by atoms with van der Waals surface area (Å²) in [4.78, 5) is 0. The highest BCUT2D eigenvalue weighted by molar-refractivity contribution is 5.74. The average Bonchev–Trinajstić information content (AvgIpc) is 2.39. The van der Waals surface area contributed by atoms with Crippen LogP contribution in [0.15, 0.2) is 54.6 Å². The van der Waals surface area contributed by atoms with E-state index in [0.717, 1.165) is 22.3 Å². The van der Waals surface area contributed by atoms with Gasteiger partial charge in [-0.15, -0.1) is 0 Å². The van der Waals surface area contributed by atoms with Crippen LogP contribution in [0, 0.1) is 0 Å². The van der Waals surface area contributed by atoms with Gasteiger partial charge in [0.15, 0.2) is 0 Å². The molecule has 0 saturated heterocycles. The van der Waals surface area contributed by atoms with Gasteiger partial charge in [-0.1, -0.05) is 49.1 Å². The summed E-state index contributed by atoms with van der Waals surface area (Å²) in [6.45, 7) is 5.75. The summed E-state index contributed by atoms with van der Waals surface area (Å²) in [6.07, 6.45) is 5.57. The number of rotatable bonds is 5. The molecular weight excluding hydrogens is 212 g/mol. The normalized spacial score (nSPS) is 12.6. The highest BCUT2D eigenvalue weighted by Crippen LogP contribution is 2.16. The van der Waals surface area contributed by atoms with Gasteiger partial charge in [0.2, 0.25) is 0 Å². The van der Waals surface area contributed by atoms with Crippen molar-refractivity contribution >= 4 is 5.57 Å². The van der Waals surface area contributed by atoms with Gasteiger partial charge in [0.1, 0.15) is 0 Å². The summed E-state index contributed by atoms with van der Waals surface area (Å²) in [5, 5.41) is 17.9. The van der Waals surface area contributed by atoms with E-state index in [1.807, 2.05) is 43.3 Å². The molecule has 0 bridgehead atoms. The number of benzene rings is 1. The van der Waals surface area contributed by atoms with Crippen LogP contribution in [0.3, 0.4) is 0 Å². The fourth-order valence-electron chi connectivity index (χ4n) is 1.37. The maximum Gasteiger partial charge on any atom is 0.0681 e. The largest absolute Gasteiger partial charge is 0.392 e. The van der Waals surface area contributed by atoms with Gasteiger partial charge < -0.3 is 10.2 Å². The average molecular weight is 230 g/mol. The second kappa shape index (κ2) is 6.84. The molecular formula is C15H18O2. The minimum atomic E-state index is 0.0525. The summed E-state index contributed by atoms with van der Waals surface area (Å²) in [7, 11) is 0. The number of hydrogen-bond acceptors (Lipinski definition) is 2. The van der Waals surface area contributed by atoms with E-state index in [9.17, 15) is 0 Å². The molecule has 0 fully saturated rings. The van der Waals surface area contributed by atoms with Gasteiger partial charge in [0, 0.05) is 0 Å². The lowest BCUT2D eigenvalue weighted by molar-refractivity contribution is 0.282. The van der Waals surface area contributed by atoms with Gasteiger partial charge in [-0.05, 0) is 29.2 Å². The van der Waals surface area contributed by atoms with Crippen LogP contribution in [-0.2, 0) is 6.61 Å². The summed E-state index contributed by atoms with van der Waals surface area (Å²) in [5.74, 6) is 0. The zero-order valence-corrected chi connectivity index (χ0v) is 10.1. The molecule has 0 aliphatic rings. The highest BCUT2D eigenvalue weighted by atomic mass is 16.3. The van der Waals surface area contributed by atoms with Crippen molar-refractivity contribution in [1.29, 1.82) is 0 Å². The molecule has 2 N–H and O–H groups in total. The van der Waals surface area contributed by atoms with E-state index in [2.05, 4.69) is 6.58 Å². The molecule has 0 heterocycles. The second-order valence-corrected chi connectivity index (χ2v) is 3.85. The lowest BCUT2D eigenvalue weighted by Gasteiger charge is -2.03. The van der Waals surface area contributed by atoms with E-state index in [1.54, 1.807) is 6.08 Å². The standard InChI is InChI=1S/C15H18O2/c1-3-14(7-4-12(2)10-16)15-8-5-13(11-17)6-9-15/h3-9,16-17H,1,10-11H2,2H3/b12-4+,14-7+. The lowest BCUT2D eigenvalue weighted by Crippen LogP contribution is -1.86. The molecule has 0 radical (unpaired) electrons. The van der Waals surface area contributed by atoms with Crippen LogP contribution in [0.1, 0.15) is 18.1 Å². The minimum absolute atomic E-state index is 0.0525. The monoisotopic (exact) mass is 230 g/mol. The fourth-order valence-corrected chi connectivity index (χ4v) is 1.37. The molecule has 1 aromatic carbocycles. The SMILES string of the molecule is C=C/C(=C\C=C(/C)CO)c1ccc(CO)cc1. The van der Waals surface area contributed by atoms with Crippen molar-refractivity contribution in [2.24, 2.45) is 0 Å². The first kappa shape index (κ1) is 13.4. The molecule has 0 amide bonds. The number of aliphatic hydroxyl groups is 2. The Morgan fingerprint density at radius 2 is 1.82 bits per heavy atom. The molecule has 0 aromatic heterocycles. The van der Waals surface area contributed by atoms with Crippen molar-refractivity contribution in [3.63, 3.8) is 0 Å². The third kappa shape index (κ3) is 4.02. The predicted molar refractivity (Wildman–Crippen MR) is 71.4 cm³/mol. The molecule has 0 unspecified atom stereocenters. The minimum Gasteiger partial charge on any atom is -0.392 e. The number of aliphatic hydroxyl groups excluding tert-OH is 2. The molecule has 0 spiro atoms. The first-order valence-electron chi connectivity index (χ1n) is 5.52. The Morgan fingerprint density at radius 1 is 1.18 bits per heavy atom. The van der Waals surface area contributed by atoms with Crippen LogP contribution >= 0.6 is 0 Å². The van der Waals surface area contributed by atoms with Crippen LogP contribution < -0.4 is 0 Å². The Bertz CT molecular complexity index is 425. The Hall–Kier alpha value is -1.64. The summed E-state index contributed by atoms with van der Waals surface area (Å²) < 4.78 is 0. The molecule has 2 nitrogen and oxygen atoms in total. The van der Waals surface area contributed by atoms with Crippen molar-refractivity contribution in [2.45, 2.75) is 13.5 Å². The van der Waals surface area contributed by atoms with Crippen molar-refractivity contribution in [3.8, 4) is 0 Å². The van der Waals surface area contributed by atoms with Crippen molar-refractivity contribution < 1.29 is 10.2 Å². The lowest BCUT2D eigenvalue weighted by atomic mass is 10.0. The van der Waals surface area contributed by atoms with Gasteiger partial charge in [0.05, 0.1) is 13.2 Å². The molecule has 0 aliphatic carbocycles. The van der Waals surface area contributed by atoms with E-state index < -0.39 is 0 Å². The van der Waals surface area contributed by atoms with Crippen LogP contribution in [0.2, 0.25) is 0 Å². The molecule has 1 aromatic rings. The zero-order valence-electron chi connectivity index (χ0n) is 10.1. The van der Waals surface area contributed by atoms with Gasteiger partial charge in [-0.3, -0.25) is 0 Å². The van der Waals surface area contributed by atoms with E-state index in [-0.39, 0.29) is 13.2 Å². The molecule has 1 rings (SSSR count). The van der Waals surface area contributed by atoms with Crippen LogP contribution in [0.4, 0.5) is 0 Å². The molecule has 17 heavy (non-hydrogen) atoms. The first-order chi connectivity index (χ1) is 8.21. The third-order valence-electron chi connectivity index (χ3n) is 2.49. The highest BCUT2D eigenvalue weighted by Gasteiger charge is 1.97. The summed E-state index contributed by atoms with van der Waals surface area (Å²) in [6, 6.07) is 7.66. The van der Waals surface area contributed by atoms with Crippen molar-refractivity contribution in [3.05, 3.63) is 65.8 Å². The van der Waals surface area contributed by atoms with E-state index >= 15 is 0 Å². The zero-order chi connectivity index (χ0) is 12.7. The van der Waals surface area contributed by atoms with E-state index in [4.69, 9.17) is 10.2 Å². The molecule has 0 aliphatic heterocycles. The Kier molecular flexibility index (Phi) is 5.40. The van der Waals surface area contributed by atoms with Crippen molar-refractivity contribution in [1.82, 2.24) is 0 Å². The predicted octanol–water partition coefficient (Wildman–Crippen LogP) is 2.69. The fraction of sp³-hybridized carbons (Fsp3) is 0.200. The first-order valence-corrected chi connectivity index (χ1v) is 5.52. The van der Waals surface area contributed by atoms with E-state index in [0.29, 0.717) is 0 Å². The number of hydrogen-bond donors (Lipinski definition) is 2. The summed E-state index contributed by atoms with van der Waals surface area (Å²) in [5.41, 5.74) is 3.82. The molecule has 2 heteroatoms. The van der Waals surface area contributed by atoms with Gasteiger partial charge in [-0.2, -0.15) is 0 Å². The third-order valence-corrected chi connectivity index (χ3v) is 2.49. The van der Waals surface area contributed by atoms with Crippen LogP contribution in [0.5, 0.6) is 0 Å². The summed E-state index contributed by atoms with van der Waals surface area (Å²) >= 11 is 0. The van der Waals surface area contributed by atoms with Crippen molar-refractivity contribution in [2.75, 3.05) is 6.61 Å². The van der Waals surface area contributed by atoms with E-state index in [1.165, 1.54) is 0 Å². The van der Waals surface area contributed by atoms with Gasteiger partial charge >= 0.3 is 0 Å². The molecule has 0 atom stereocenters. The topological polar surface area (TPSA) is 40.5 Å². The van der Waals surface area contributed by atoms with Gasteiger partial charge in [0.25, 0.3) is 0 Å². The molecule has 0 saturated carbocycles. The maximum atomic E-state index is 8.96. The quantitative estimate of drug-likeness (QED) is 0.763. The Balaban J connectivity index is 2.97. The molecule has 90 valence electrons. The second-order valence-electron chi connectivity index (χ2n) is 3.85. The van der Waals surface area contributed by atoms with Crippen LogP contribution in [0.25, 0.3) is 5.57 Å². The smallest absolute Gasteiger partial charge is 0.0681 e. The number of allylic oxidation sites excluding steroid dienone is 4. The maximum absolute atomic E-state index is 8.96.